The Morgan fingerprint density at radius 1 is 1.56 bits per heavy atom. The molecule has 2 heterocycles. The van der Waals surface area contributed by atoms with Gasteiger partial charge in [0.1, 0.15) is 0 Å². The molecule has 2 rings (SSSR count). The Morgan fingerprint density at radius 2 is 2.17 bits per heavy atom. The van der Waals surface area contributed by atoms with E-state index in [-0.39, 0.29) is 5.91 Å². The number of aliphatic hydroxyl groups is 1. The zero-order valence-electron chi connectivity index (χ0n) is 10.9. The summed E-state index contributed by atoms with van der Waals surface area (Å²) in [7, 11) is 0. The van der Waals surface area contributed by atoms with Gasteiger partial charge in [-0.3, -0.25) is 9.89 Å². The van der Waals surface area contributed by atoms with Crippen LogP contribution in [0.15, 0.2) is 0 Å². The lowest BCUT2D eigenvalue weighted by molar-refractivity contribution is -0.00215. The first kappa shape index (κ1) is 12.9. The van der Waals surface area contributed by atoms with E-state index in [1.165, 1.54) is 0 Å². The van der Waals surface area contributed by atoms with Crippen LogP contribution >= 0.6 is 0 Å². The molecule has 0 bridgehead atoms. The molecule has 0 unspecified atom stereocenters. The zero-order chi connectivity index (χ0) is 13.3. The maximum atomic E-state index is 12.2. The summed E-state index contributed by atoms with van der Waals surface area (Å²) in [5.41, 5.74) is 6.76. The maximum Gasteiger partial charge on any atom is 0.276 e. The minimum atomic E-state index is -0.664. The largest absolute Gasteiger partial charge is 0.395 e. The SMILES string of the molecule is CCc1[nH]nc(C(=O)N2CCC(C)(O)CC2)c1N. The van der Waals surface area contributed by atoms with Crippen molar-refractivity contribution in [1.29, 1.82) is 0 Å². The lowest BCUT2D eigenvalue weighted by Gasteiger charge is -2.35. The van der Waals surface area contributed by atoms with Crippen molar-refractivity contribution in [2.24, 2.45) is 0 Å². The van der Waals surface area contributed by atoms with E-state index < -0.39 is 5.60 Å². The van der Waals surface area contributed by atoms with Crippen LogP contribution in [0.2, 0.25) is 0 Å². The second-order valence-corrected chi connectivity index (χ2v) is 5.11. The second-order valence-electron chi connectivity index (χ2n) is 5.11. The van der Waals surface area contributed by atoms with Gasteiger partial charge in [-0.1, -0.05) is 6.92 Å². The molecular formula is C12H20N4O2. The number of aryl methyl sites for hydroxylation is 1. The highest BCUT2D eigenvalue weighted by atomic mass is 16.3. The Hall–Kier alpha value is -1.56. The summed E-state index contributed by atoms with van der Waals surface area (Å²) in [6.45, 7) is 4.84. The van der Waals surface area contributed by atoms with E-state index >= 15 is 0 Å². The van der Waals surface area contributed by atoms with Gasteiger partial charge < -0.3 is 15.7 Å². The molecule has 1 aliphatic rings. The molecule has 18 heavy (non-hydrogen) atoms. The van der Waals surface area contributed by atoms with Crippen LogP contribution in [0.4, 0.5) is 5.69 Å². The number of rotatable bonds is 2. The van der Waals surface area contributed by atoms with E-state index in [2.05, 4.69) is 10.2 Å². The molecule has 6 heteroatoms. The summed E-state index contributed by atoms with van der Waals surface area (Å²) in [6.07, 6.45) is 1.90. The molecule has 0 atom stereocenters. The number of nitrogens with one attached hydrogen (secondary N) is 1. The summed E-state index contributed by atoms with van der Waals surface area (Å²) in [5, 5.41) is 16.6. The van der Waals surface area contributed by atoms with Gasteiger partial charge in [-0.2, -0.15) is 5.10 Å². The van der Waals surface area contributed by atoms with Crippen LogP contribution in [0.5, 0.6) is 0 Å². The molecule has 0 aromatic carbocycles. The normalized spacial score (nSPS) is 18.9. The third-order valence-corrected chi connectivity index (χ3v) is 3.57. The Labute approximate surface area is 106 Å². The monoisotopic (exact) mass is 252 g/mol. The van der Waals surface area contributed by atoms with Crippen molar-refractivity contribution in [2.75, 3.05) is 18.8 Å². The third kappa shape index (κ3) is 2.33. The van der Waals surface area contributed by atoms with Gasteiger partial charge in [-0.15, -0.1) is 0 Å². The highest BCUT2D eigenvalue weighted by molar-refractivity contribution is 5.97. The van der Waals surface area contributed by atoms with Crippen LogP contribution in [0.25, 0.3) is 0 Å². The minimum Gasteiger partial charge on any atom is -0.395 e. The van der Waals surface area contributed by atoms with Crippen LogP contribution in [0.3, 0.4) is 0 Å². The Kier molecular flexibility index (Phi) is 3.30. The summed E-state index contributed by atoms with van der Waals surface area (Å²) < 4.78 is 0. The van der Waals surface area contributed by atoms with Crippen LogP contribution < -0.4 is 5.73 Å². The lowest BCUT2D eigenvalue weighted by Crippen LogP contribution is -2.45. The van der Waals surface area contributed by atoms with E-state index in [4.69, 9.17) is 5.73 Å². The van der Waals surface area contributed by atoms with Crippen LogP contribution in [-0.2, 0) is 6.42 Å². The molecule has 1 aromatic rings. The van der Waals surface area contributed by atoms with Gasteiger partial charge in [0.2, 0.25) is 0 Å². The van der Waals surface area contributed by atoms with Gasteiger partial charge in [0.25, 0.3) is 5.91 Å². The first-order chi connectivity index (χ1) is 8.44. The standard InChI is InChI=1S/C12H20N4O2/c1-3-8-9(13)10(15-14-8)11(17)16-6-4-12(2,18)5-7-16/h18H,3-7,13H2,1-2H3,(H,14,15). The predicted molar refractivity (Wildman–Crippen MR) is 68.1 cm³/mol. The number of carbonyl (C=O) groups excluding carboxylic acids is 1. The quantitative estimate of drug-likeness (QED) is 0.716. The molecule has 100 valence electrons. The highest BCUT2D eigenvalue weighted by Crippen LogP contribution is 2.24. The average molecular weight is 252 g/mol. The van der Waals surface area contributed by atoms with E-state index in [1.54, 1.807) is 11.8 Å². The van der Waals surface area contributed by atoms with Gasteiger partial charge in [0, 0.05) is 13.1 Å². The number of H-pyrrole nitrogens is 1. The number of piperidine rings is 1. The van der Waals surface area contributed by atoms with Crippen molar-refractivity contribution in [3.05, 3.63) is 11.4 Å². The van der Waals surface area contributed by atoms with Crippen molar-refractivity contribution in [3.63, 3.8) is 0 Å². The molecule has 1 aromatic heterocycles. The lowest BCUT2D eigenvalue weighted by atomic mass is 9.93. The third-order valence-electron chi connectivity index (χ3n) is 3.57. The van der Waals surface area contributed by atoms with Crippen LogP contribution in [0, 0.1) is 0 Å². The summed E-state index contributed by atoms with van der Waals surface area (Å²) >= 11 is 0. The number of amides is 1. The van der Waals surface area contributed by atoms with Crippen LogP contribution in [0.1, 0.15) is 42.9 Å². The average Bonchev–Trinajstić information content (AvgIpc) is 2.69. The Balaban J connectivity index is 2.10. The number of carbonyl (C=O) groups is 1. The van der Waals surface area contributed by atoms with Crippen molar-refractivity contribution in [3.8, 4) is 0 Å². The smallest absolute Gasteiger partial charge is 0.276 e. The van der Waals surface area contributed by atoms with Gasteiger partial charge in [0.05, 0.1) is 17.0 Å². The van der Waals surface area contributed by atoms with Gasteiger partial charge in [0.15, 0.2) is 5.69 Å². The number of likely N-dealkylation sites (tertiary alicyclic amines) is 1. The van der Waals surface area contributed by atoms with Gasteiger partial charge >= 0.3 is 0 Å². The Bertz CT molecular complexity index is 443. The molecule has 0 aliphatic carbocycles. The fourth-order valence-electron chi connectivity index (χ4n) is 2.16. The molecule has 1 saturated heterocycles. The van der Waals surface area contributed by atoms with Crippen molar-refractivity contribution in [1.82, 2.24) is 15.1 Å². The summed E-state index contributed by atoms with van der Waals surface area (Å²) in [5.74, 6) is -0.154. The fourth-order valence-corrected chi connectivity index (χ4v) is 2.16. The zero-order valence-corrected chi connectivity index (χ0v) is 10.9. The first-order valence-corrected chi connectivity index (χ1v) is 6.29. The van der Waals surface area contributed by atoms with Crippen molar-refractivity contribution < 1.29 is 9.90 Å². The predicted octanol–water partition coefficient (Wildman–Crippen LogP) is 0.541. The van der Waals surface area contributed by atoms with E-state index in [1.807, 2.05) is 6.92 Å². The van der Waals surface area contributed by atoms with E-state index in [0.29, 0.717) is 37.3 Å². The molecule has 6 nitrogen and oxygen atoms in total. The van der Waals surface area contributed by atoms with Crippen molar-refractivity contribution in [2.45, 2.75) is 38.7 Å². The van der Waals surface area contributed by atoms with Crippen LogP contribution in [-0.4, -0.2) is 44.8 Å². The molecule has 1 fully saturated rings. The molecule has 0 radical (unpaired) electrons. The number of nitrogens with zero attached hydrogens (tertiary/aromatic N) is 2. The highest BCUT2D eigenvalue weighted by Gasteiger charge is 2.31. The van der Waals surface area contributed by atoms with Crippen molar-refractivity contribution >= 4 is 11.6 Å². The number of aromatic amines is 1. The first-order valence-electron chi connectivity index (χ1n) is 6.29. The molecule has 4 N–H and O–H groups in total. The Morgan fingerprint density at radius 3 is 2.67 bits per heavy atom. The van der Waals surface area contributed by atoms with Gasteiger partial charge in [-0.05, 0) is 26.2 Å². The molecule has 1 amide bonds. The fraction of sp³-hybridized carbons (Fsp3) is 0.667. The number of aromatic nitrogens is 2. The minimum absolute atomic E-state index is 0.154. The maximum absolute atomic E-state index is 12.2. The molecule has 0 spiro atoms. The van der Waals surface area contributed by atoms with E-state index in [0.717, 1.165) is 12.1 Å². The number of anilines is 1. The molecule has 1 aliphatic heterocycles. The topological polar surface area (TPSA) is 95.2 Å². The summed E-state index contributed by atoms with van der Waals surface area (Å²) in [6, 6.07) is 0. The number of nitrogens with two attached hydrogens (primary N) is 1. The van der Waals surface area contributed by atoms with Gasteiger partial charge in [-0.25, -0.2) is 0 Å². The summed E-state index contributed by atoms with van der Waals surface area (Å²) in [4.78, 5) is 13.9. The number of nitrogen functional groups attached to an aromatic ring is 1. The second kappa shape index (κ2) is 4.61. The van der Waals surface area contributed by atoms with E-state index in [9.17, 15) is 9.90 Å². The molecular weight excluding hydrogens is 232 g/mol. The number of hydrogen-bond acceptors (Lipinski definition) is 4. The number of hydrogen-bond donors (Lipinski definition) is 3. The molecule has 0 saturated carbocycles.